The van der Waals surface area contributed by atoms with Gasteiger partial charge in [0, 0.05) is 25.2 Å². The van der Waals surface area contributed by atoms with Gasteiger partial charge in [0.25, 0.3) is 0 Å². The Morgan fingerprint density at radius 1 is 1.08 bits per heavy atom. The van der Waals surface area contributed by atoms with E-state index >= 15 is 0 Å². The molecule has 0 aromatic heterocycles. The molecular weight excluding hydrogens is 350 g/mol. The van der Waals surface area contributed by atoms with E-state index in [-0.39, 0.29) is 10.8 Å². The number of nitrogens with one attached hydrogen (secondary N) is 2. The highest BCUT2D eigenvalue weighted by atomic mass is 32.2. The van der Waals surface area contributed by atoms with Gasteiger partial charge in [-0.05, 0) is 69.0 Å². The first-order valence-corrected chi connectivity index (χ1v) is 11.0. The van der Waals surface area contributed by atoms with Gasteiger partial charge in [-0.2, -0.15) is 0 Å². The third-order valence-electron chi connectivity index (χ3n) is 5.54. The molecule has 1 saturated heterocycles. The number of anilines is 1. The number of likely N-dealkylation sites (tertiary alicyclic amines) is 1. The molecule has 2 N–H and O–H groups in total. The number of rotatable bonds is 6. The SMILES string of the molecule is CC(=O)Nc1ccc(S(=O)(=O)NCC2CCN(C3CCCC3)CC2)cc1. The van der Waals surface area contributed by atoms with E-state index in [1.54, 1.807) is 12.1 Å². The average Bonchev–Trinajstić information content (AvgIpc) is 3.15. The van der Waals surface area contributed by atoms with Crippen molar-refractivity contribution in [2.75, 3.05) is 25.0 Å². The van der Waals surface area contributed by atoms with Crippen molar-refractivity contribution >= 4 is 21.6 Å². The maximum Gasteiger partial charge on any atom is 0.240 e. The van der Waals surface area contributed by atoms with Gasteiger partial charge in [-0.3, -0.25) is 4.79 Å². The van der Waals surface area contributed by atoms with E-state index in [1.165, 1.54) is 44.7 Å². The van der Waals surface area contributed by atoms with Crippen molar-refractivity contribution in [3.8, 4) is 0 Å². The highest BCUT2D eigenvalue weighted by Crippen LogP contribution is 2.27. The molecule has 1 aromatic rings. The first-order valence-electron chi connectivity index (χ1n) is 9.55. The van der Waals surface area contributed by atoms with Crippen LogP contribution in [0.1, 0.15) is 45.4 Å². The van der Waals surface area contributed by atoms with Gasteiger partial charge in [0.15, 0.2) is 0 Å². The van der Waals surface area contributed by atoms with Crippen LogP contribution in [-0.4, -0.2) is 44.9 Å². The van der Waals surface area contributed by atoms with Gasteiger partial charge < -0.3 is 10.2 Å². The summed E-state index contributed by atoms with van der Waals surface area (Å²) in [4.78, 5) is 13.9. The van der Waals surface area contributed by atoms with Crippen LogP contribution in [0.2, 0.25) is 0 Å². The highest BCUT2D eigenvalue weighted by Gasteiger charge is 2.27. The number of sulfonamides is 1. The maximum atomic E-state index is 12.5. The molecule has 0 radical (unpaired) electrons. The number of nitrogens with zero attached hydrogens (tertiary/aromatic N) is 1. The minimum absolute atomic E-state index is 0.178. The van der Waals surface area contributed by atoms with E-state index in [4.69, 9.17) is 0 Å². The van der Waals surface area contributed by atoms with Crippen LogP contribution >= 0.6 is 0 Å². The van der Waals surface area contributed by atoms with Gasteiger partial charge in [-0.1, -0.05) is 12.8 Å². The Balaban J connectivity index is 1.48. The van der Waals surface area contributed by atoms with Crippen molar-refractivity contribution in [1.29, 1.82) is 0 Å². The zero-order valence-corrected chi connectivity index (χ0v) is 16.2. The van der Waals surface area contributed by atoms with Crippen LogP contribution in [0.25, 0.3) is 0 Å². The van der Waals surface area contributed by atoms with Gasteiger partial charge in [-0.25, -0.2) is 13.1 Å². The van der Waals surface area contributed by atoms with Gasteiger partial charge >= 0.3 is 0 Å². The normalized spacial score (nSPS) is 20.3. The molecule has 6 nitrogen and oxygen atoms in total. The summed E-state index contributed by atoms with van der Waals surface area (Å²) in [6.45, 7) is 4.09. The fourth-order valence-corrected chi connectivity index (χ4v) is 5.14. The Morgan fingerprint density at radius 2 is 1.69 bits per heavy atom. The summed E-state index contributed by atoms with van der Waals surface area (Å²) in [5, 5.41) is 2.64. The van der Waals surface area contributed by atoms with E-state index in [1.807, 2.05) is 0 Å². The van der Waals surface area contributed by atoms with Crippen LogP contribution in [0.5, 0.6) is 0 Å². The van der Waals surface area contributed by atoms with Crippen molar-refractivity contribution in [3.63, 3.8) is 0 Å². The van der Waals surface area contributed by atoms with Crippen molar-refractivity contribution in [1.82, 2.24) is 9.62 Å². The van der Waals surface area contributed by atoms with Crippen molar-refractivity contribution in [2.24, 2.45) is 5.92 Å². The van der Waals surface area contributed by atoms with Crippen molar-refractivity contribution in [3.05, 3.63) is 24.3 Å². The van der Waals surface area contributed by atoms with Gasteiger partial charge in [-0.15, -0.1) is 0 Å². The lowest BCUT2D eigenvalue weighted by atomic mass is 9.96. The van der Waals surface area contributed by atoms with Gasteiger partial charge in [0.1, 0.15) is 0 Å². The number of benzene rings is 1. The number of carbonyl (C=O) groups is 1. The minimum Gasteiger partial charge on any atom is -0.326 e. The van der Waals surface area contributed by atoms with Crippen LogP contribution in [-0.2, 0) is 14.8 Å². The first-order chi connectivity index (χ1) is 12.4. The van der Waals surface area contributed by atoms with Crippen LogP contribution in [0.4, 0.5) is 5.69 Å². The van der Waals surface area contributed by atoms with E-state index < -0.39 is 10.0 Å². The summed E-state index contributed by atoms with van der Waals surface area (Å²) in [5.74, 6) is 0.226. The summed E-state index contributed by atoms with van der Waals surface area (Å²) in [5.41, 5.74) is 0.593. The molecule has 1 heterocycles. The summed E-state index contributed by atoms with van der Waals surface area (Å²) in [7, 11) is -3.51. The molecule has 2 fully saturated rings. The molecule has 1 saturated carbocycles. The zero-order valence-electron chi connectivity index (χ0n) is 15.4. The Bertz CT molecular complexity index is 704. The monoisotopic (exact) mass is 379 g/mol. The average molecular weight is 380 g/mol. The molecule has 3 rings (SSSR count). The lowest BCUT2D eigenvalue weighted by molar-refractivity contribution is -0.114. The molecule has 1 amide bonds. The number of amides is 1. The third-order valence-corrected chi connectivity index (χ3v) is 6.98. The molecule has 7 heteroatoms. The first kappa shape index (κ1) is 19.3. The Morgan fingerprint density at radius 3 is 2.27 bits per heavy atom. The predicted octanol–water partition coefficient (Wildman–Crippen LogP) is 2.58. The lowest BCUT2D eigenvalue weighted by Gasteiger charge is -2.36. The van der Waals surface area contributed by atoms with Gasteiger partial charge in [0.05, 0.1) is 4.90 Å². The van der Waals surface area contributed by atoms with E-state index in [2.05, 4.69) is 14.9 Å². The molecule has 1 aromatic carbocycles. The number of hydrogen-bond acceptors (Lipinski definition) is 4. The molecule has 0 spiro atoms. The van der Waals surface area contributed by atoms with Crippen LogP contribution in [0, 0.1) is 5.92 Å². The molecule has 0 bridgehead atoms. The second-order valence-corrected chi connectivity index (χ2v) is 9.24. The topological polar surface area (TPSA) is 78.5 Å². The van der Waals surface area contributed by atoms with Crippen LogP contribution in [0.15, 0.2) is 29.2 Å². The fraction of sp³-hybridized carbons (Fsp3) is 0.632. The minimum atomic E-state index is -3.51. The fourth-order valence-electron chi connectivity index (χ4n) is 4.02. The molecule has 26 heavy (non-hydrogen) atoms. The summed E-state index contributed by atoms with van der Waals surface area (Å²) in [6, 6.07) is 7.02. The molecule has 1 aliphatic carbocycles. The Hall–Kier alpha value is -1.44. The molecule has 0 atom stereocenters. The van der Waals surface area contributed by atoms with Crippen LogP contribution < -0.4 is 10.0 Å². The quantitative estimate of drug-likeness (QED) is 0.796. The summed E-state index contributed by atoms with van der Waals surface area (Å²) in [6.07, 6.45) is 7.47. The van der Waals surface area contributed by atoms with Crippen molar-refractivity contribution in [2.45, 2.75) is 56.4 Å². The summed E-state index contributed by atoms with van der Waals surface area (Å²) < 4.78 is 27.7. The van der Waals surface area contributed by atoms with E-state index in [9.17, 15) is 13.2 Å². The van der Waals surface area contributed by atoms with Crippen molar-refractivity contribution < 1.29 is 13.2 Å². The second kappa shape index (κ2) is 8.50. The van der Waals surface area contributed by atoms with E-state index in [0.29, 0.717) is 18.2 Å². The third kappa shape index (κ3) is 5.05. The lowest BCUT2D eigenvalue weighted by Crippen LogP contribution is -2.42. The highest BCUT2D eigenvalue weighted by molar-refractivity contribution is 7.89. The Labute approximate surface area is 156 Å². The molecule has 2 aliphatic rings. The predicted molar refractivity (Wildman–Crippen MR) is 102 cm³/mol. The zero-order chi connectivity index (χ0) is 18.6. The smallest absolute Gasteiger partial charge is 0.240 e. The van der Waals surface area contributed by atoms with E-state index in [0.717, 1.165) is 32.0 Å². The summed E-state index contributed by atoms with van der Waals surface area (Å²) >= 11 is 0. The molecule has 1 aliphatic heterocycles. The molecule has 144 valence electrons. The maximum absolute atomic E-state index is 12.5. The number of carbonyl (C=O) groups excluding carboxylic acids is 1. The number of piperidine rings is 1. The largest absolute Gasteiger partial charge is 0.326 e. The standard InChI is InChI=1S/C19H29N3O3S/c1-15(23)21-17-6-8-19(9-7-17)26(24,25)20-14-16-10-12-22(13-11-16)18-4-2-3-5-18/h6-9,16,18,20H,2-5,10-14H2,1H3,(H,21,23). The number of hydrogen-bond donors (Lipinski definition) is 2. The molecule has 0 unspecified atom stereocenters. The van der Waals surface area contributed by atoms with Crippen LogP contribution in [0.3, 0.4) is 0 Å². The molecular formula is C19H29N3O3S. The van der Waals surface area contributed by atoms with Gasteiger partial charge in [0.2, 0.25) is 15.9 Å². The second-order valence-electron chi connectivity index (χ2n) is 7.48. The Kier molecular flexibility index (Phi) is 6.32.